The first-order chi connectivity index (χ1) is 30.1. The predicted molar refractivity (Wildman–Crippen MR) is 268 cm³/mol. The molecule has 0 aliphatic heterocycles. The van der Waals surface area contributed by atoms with Crippen LogP contribution >= 0.6 is 0 Å². The molecule has 0 amide bonds. The van der Waals surface area contributed by atoms with Crippen molar-refractivity contribution in [3.63, 3.8) is 0 Å². The average molecular weight is 899 g/mol. The van der Waals surface area contributed by atoms with E-state index in [9.17, 15) is 0 Å². The van der Waals surface area contributed by atoms with Crippen LogP contribution in [-0.4, -0.2) is 81.3 Å². The van der Waals surface area contributed by atoms with Crippen molar-refractivity contribution in [2.24, 2.45) is 41.4 Å². The molecule has 0 spiro atoms. The molecule has 0 unspecified atom stereocenters. The molecule has 64 heavy (non-hydrogen) atoms. The first kappa shape index (κ1) is 72.6. The number of tetrazole rings is 1. The number of H-pyrrole nitrogens is 5. The molecular weight excluding hydrogens is 805 g/mol. The number of rotatable bonds is 0. The Morgan fingerprint density at radius 1 is 0.359 bits per heavy atom. The fraction of sp³-hybridized carbons (Fsp3) is 0.596. The van der Waals surface area contributed by atoms with E-state index in [2.05, 4.69) is 231 Å². The minimum absolute atomic E-state index is 0.833. The Kier molecular flexibility index (Phi) is 78.1. The number of hydrogen-bond acceptors (Lipinski definition) is 12. The lowest BCUT2D eigenvalue weighted by Gasteiger charge is -1.79. The van der Waals surface area contributed by atoms with Gasteiger partial charge in [0.15, 0.2) is 12.7 Å². The van der Waals surface area contributed by atoms with Gasteiger partial charge in [0.25, 0.3) is 0 Å². The topological polar surface area (TPSA) is 234 Å². The maximum atomic E-state index is 4.47. The molecule has 368 valence electrons. The molecule has 0 aliphatic carbocycles. The minimum Gasteiger partial charge on any atom is -0.452 e. The van der Waals surface area contributed by atoms with Gasteiger partial charge in [0, 0.05) is 37.2 Å². The summed E-state index contributed by atoms with van der Waals surface area (Å²) in [6, 6.07) is 7.55. The zero-order chi connectivity index (χ0) is 50.5. The number of aromatic nitrogens is 16. The molecule has 5 N–H and O–H groups in total. The van der Waals surface area contributed by atoms with Crippen LogP contribution in [0.5, 0.6) is 0 Å². The quantitative estimate of drug-likeness (QED) is 0.0956. The number of oxazole rings is 1. The fourth-order valence-corrected chi connectivity index (χ4v) is 1.38. The molecule has 17 heteroatoms. The van der Waals surface area contributed by atoms with Crippen molar-refractivity contribution < 1.29 is 4.42 Å². The lowest BCUT2D eigenvalue weighted by Crippen LogP contribution is -1.66. The Bertz CT molecular complexity index is 1050. The number of pyridine rings is 1. The van der Waals surface area contributed by atoms with Crippen molar-refractivity contribution >= 4 is 0 Å². The van der Waals surface area contributed by atoms with E-state index < -0.39 is 0 Å². The summed E-state index contributed by atoms with van der Waals surface area (Å²) in [4.78, 5) is 17.3. The molecule has 0 aromatic carbocycles. The van der Waals surface area contributed by atoms with Crippen molar-refractivity contribution in [3.05, 3.63) is 118 Å². The molecule has 0 saturated carbocycles. The highest BCUT2D eigenvalue weighted by Gasteiger charge is 1.71. The molecule has 7 aromatic rings. The van der Waals surface area contributed by atoms with E-state index in [1.165, 1.54) is 31.6 Å². The second kappa shape index (κ2) is 68.8. The largest absolute Gasteiger partial charge is 0.452 e. The van der Waals surface area contributed by atoms with E-state index in [4.69, 9.17) is 0 Å². The van der Waals surface area contributed by atoms with Gasteiger partial charge >= 0.3 is 0 Å². The van der Waals surface area contributed by atoms with Crippen LogP contribution in [0.15, 0.2) is 122 Å². The van der Waals surface area contributed by atoms with Gasteiger partial charge in [0.1, 0.15) is 18.9 Å². The highest BCUT2D eigenvalue weighted by Crippen LogP contribution is 1.84. The normalized spacial score (nSPS) is 8.44. The Morgan fingerprint density at radius 3 is 0.969 bits per heavy atom. The first-order valence-electron chi connectivity index (χ1n) is 21.9. The molecular formula is C47H94N16O. The molecule has 7 rings (SSSR count). The van der Waals surface area contributed by atoms with Crippen LogP contribution in [0, 0.1) is 41.4 Å². The minimum atomic E-state index is 0.833. The van der Waals surface area contributed by atoms with Gasteiger partial charge in [0.2, 0.25) is 0 Å². The Labute approximate surface area is 389 Å². The van der Waals surface area contributed by atoms with Crippen molar-refractivity contribution in [1.82, 2.24) is 81.3 Å². The maximum absolute atomic E-state index is 4.47. The summed E-state index contributed by atoms with van der Waals surface area (Å²) in [6.45, 7) is 45.5. The summed E-state index contributed by atoms with van der Waals surface area (Å²) >= 11 is 0. The average Bonchev–Trinajstić information content (AvgIpc) is 4.07. The second-order valence-corrected chi connectivity index (χ2v) is 17.2. The SMILES string of the molecule is CC(C)C.CC(C)C.CC(C)C.CC(C)C.CC(C)C.CC(C)C.CC(C)C.c1c[nH]cn1.c1ccncc1.c1cn[nH]c1.c1cn[nH]n1.c1cocn1.c1nc[nH]n1.c1nn[nH]n1. The van der Waals surface area contributed by atoms with E-state index in [-0.39, 0.29) is 0 Å². The van der Waals surface area contributed by atoms with E-state index in [1.807, 2.05) is 24.3 Å². The van der Waals surface area contributed by atoms with Crippen molar-refractivity contribution in [2.45, 2.75) is 145 Å². The Hall–Kier alpha value is -5.87. The van der Waals surface area contributed by atoms with Crippen molar-refractivity contribution in [3.8, 4) is 0 Å². The molecule has 7 aromatic heterocycles. The van der Waals surface area contributed by atoms with Crippen LogP contribution in [0.2, 0.25) is 0 Å². The fourth-order valence-electron chi connectivity index (χ4n) is 1.38. The van der Waals surface area contributed by atoms with Crippen LogP contribution < -0.4 is 0 Å². The number of aromatic amines is 5. The van der Waals surface area contributed by atoms with E-state index in [0.29, 0.717) is 0 Å². The van der Waals surface area contributed by atoms with Gasteiger partial charge in [-0.25, -0.2) is 15.0 Å². The zero-order valence-electron chi connectivity index (χ0n) is 43.8. The monoisotopic (exact) mass is 899 g/mol. The molecule has 0 aliphatic rings. The highest BCUT2D eigenvalue weighted by atomic mass is 16.3. The molecule has 0 saturated heterocycles. The standard InChI is InChI=1S/C5H5N.7C4H10.2C3H4N2.C3H3NO.2C2H3N3.CH2N4/c1-2-4-6-5-3-1;7*1-4(2)3;1-2-5-3-4-1;1-2-4-5-3-1;1-2-5-3-4-1;1-3-2-5-4-1;2*1-2-4-5-3-1/h1-5H;7*4H,1-3H3;2*1-3H,(H,4,5);1-3H;2*1-2H,(H,3,4,5);1H,(H,2,3,4,5). The molecule has 0 radical (unpaired) electrons. The van der Waals surface area contributed by atoms with Gasteiger partial charge in [-0.2, -0.15) is 30.8 Å². The number of imidazole rings is 1. The highest BCUT2D eigenvalue weighted by molar-refractivity contribution is 4.88. The summed E-state index contributed by atoms with van der Waals surface area (Å²) in [6.07, 6.45) is 24.0. The van der Waals surface area contributed by atoms with Gasteiger partial charge in [-0.3, -0.25) is 15.2 Å². The van der Waals surface area contributed by atoms with Gasteiger partial charge in [0.05, 0.1) is 24.9 Å². The molecule has 0 bridgehead atoms. The summed E-state index contributed by atoms with van der Waals surface area (Å²) in [7, 11) is 0. The summed E-state index contributed by atoms with van der Waals surface area (Å²) in [5.74, 6) is 5.83. The van der Waals surface area contributed by atoms with Crippen LogP contribution in [0.4, 0.5) is 0 Å². The lowest BCUT2D eigenvalue weighted by atomic mass is 10.3. The Morgan fingerprint density at radius 2 is 0.859 bits per heavy atom. The third kappa shape index (κ3) is 188. The second-order valence-electron chi connectivity index (χ2n) is 17.2. The molecule has 0 atom stereocenters. The molecule has 0 fully saturated rings. The smallest absolute Gasteiger partial charge is 0.180 e. The number of hydrogen-bond donors (Lipinski definition) is 5. The van der Waals surface area contributed by atoms with Gasteiger partial charge < -0.3 is 9.40 Å². The number of nitrogens with one attached hydrogen (secondary N) is 5. The predicted octanol–water partition coefficient (Wildman–Crippen LogP) is 13.0. The third-order valence-electron chi connectivity index (χ3n) is 2.66. The van der Waals surface area contributed by atoms with Gasteiger partial charge in [-0.1, -0.05) is 157 Å². The third-order valence-corrected chi connectivity index (χ3v) is 2.66. The summed E-state index contributed by atoms with van der Waals surface area (Å²) in [5, 5.41) is 33.7. The van der Waals surface area contributed by atoms with E-state index >= 15 is 0 Å². The molecule has 17 nitrogen and oxygen atoms in total. The van der Waals surface area contributed by atoms with Crippen LogP contribution in [-0.2, 0) is 0 Å². The zero-order valence-corrected chi connectivity index (χ0v) is 43.8. The summed E-state index contributed by atoms with van der Waals surface area (Å²) in [5.41, 5.74) is 0. The lowest BCUT2D eigenvalue weighted by molar-refractivity contribution is 0.558. The van der Waals surface area contributed by atoms with Crippen LogP contribution in [0.1, 0.15) is 145 Å². The van der Waals surface area contributed by atoms with Crippen molar-refractivity contribution in [1.29, 1.82) is 0 Å². The first-order valence-corrected chi connectivity index (χ1v) is 21.9. The maximum Gasteiger partial charge on any atom is 0.180 e. The van der Waals surface area contributed by atoms with Gasteiger partial charge in [-0.05, 0) is 59.6 Å². The van der Waals surface area contributed by atoms with Crippen LogP contribution in [0.25, 0.3) is 0 Å². The molecule has 7 heterocycles. The van der Waals surface area contributed by atoms with Gasteiger partial charge in [-0.15, -0.1) is 10.2 Å². The summed E-state index contributed by atoms with van der Waals surface area (Å²) < 4.78 is 4.47. The van der Waals surface area contributed by atoms with E-state index in [0.717, 1.165) is 41.4 Å². The number of nitrogens with zero attached hydrogens (tertiary/aromatic N) is 11. The van der Waals surface area contributed by atoms with Crippen LogP contribution in [0.3, 0.4) is 0 Å². The van der Waals surface area contributed by atoms with Crippen molar-refractivity contribution in [2.75, 3.05) is 0 Å². The van der Waals surface area contributed by atoms with E-state index in [1.54, 1.807) is 62.1 Å². The Balaban J connectivity index is -0.000000110.